The molecule has 1 N–H and O–H groups in total. The maximum atomic E-state index is 12.1. The normalized spacial score (nSPS) is 15.6. The van der Waals surface area contributed by atoms with Crippen molar-refractivity contribution in [2.45, 2.75) is 50.9 Å². The molecule has 2 heterocycles. The van der Waals surface area contributed by atoms with Crippen LogP contribution in [0.5, 0.6) is 0 Å². The van der Waals surface area contributed by atoms with E-state index in [1.165, 1.54) is 11.8 Å². The third-order valence-corrected chi connectivity index (χ3v) is 4.77. The average Bonchev–Trinajstić information content (AvgIpc) is 3.02. The quantitative estimate of drug-likeness (QED) is 0.781. The largest absolute Gasteiger partial charge is 0.450 e. The van der Waals surface area contributed by atoms with Crippen molar-refractivity contribution in [2.75, 3.05) is 25.4 Å². The third kappa shape index (κ3) is 5.12. The van der Waals surface area contributed by atoms with Crippen LogP contribution < -0.4 is 5.32 Å². The molecule has 1 fully saturated rings. The molecule has 0 saturated carbocycles. The van der Waals surface area contributed by atoms with Crippen molar-refractivity contribution >= 4 is 23.8 Å². The van der Waals surface area contributed by atoms with Gasteiger partial charge < -0.3 is 19.5 Å². The fraction of sp³-hybridized carbons (Fsp3) is 0.733. The van der Waals surface area contributed by atoms with Gasteiger partial charge in [-0.1, -0.05) is 11.8 Å². The van der Waals surface area contributed by atoms with Gasteiger partial charge in [0.15, 0.2) is 5.16 Å². The van der Waals surface area contributed by atoms with E-state index in [9.17, 15) is 9.59 Å². The molecule has 0 aliphatic carbocycles. The summed E-state index contributed by atoms with van der Waals surface area (Å²) in [6.07, 6.45) is 2.90. The van der Waals surface area contributed by atoms with E-state index < -0.39 is 0 Å². The molecule has 1 aliphatic rings. The number of hydrogen-bond donors (Lipinski definition) is 1. The molecule has 9 heteroatoms. The number of carbonyl (C=O) groups is 2. The second-order valence-corrected chi connectivity index (χ2v) is 6.87. The Morgan fingerprint density at radius 2 is 2.12 bits per heavy atom. The number of piperidine rings is 1. The summed E-state index contributed by atoms with van der Waals surface area (Å²) < 4.78 is 6.93. The van der Waals surface area contributed by atoms with Gasteiger partial charge >= 0.3 is 6.09 Å². The Kier molecular flexibility index (Phi) is 6.89. The van der Waals surface area contributed by atoms with Gasteiger partial charge in [0.1, 0.15) is 6.33 Å². The van der Waals surface area contributed by atoms with E-state index >= 15 is 0 Å². The first-order valence-corrected chi connectivity index (χ1v) is 9.23. The Labute approximate surface area is 146 Å². The Morgan fingerprint density at radius 3 is 2.75 bits per heavy atom. The van der Waals surface area contributed by atoms with Crippen molar-refractivity contribution < 1.29 is 14.3 Å². The minimum Gasteiger partial charge on any atom is -0.450 e. The molecule has 1 aromatic heterocycles. The van der Waals surface area contributed by atoms with E-state index in [2.05, 4.69) is 15.5 Å². The minimum atomic E-state index is -0.272. The first-order valence-electron chi connectivity index (χ1n) is 8.24. The van der Waals surface area contributed by atoms with Crippen LogP contribution in [0.15, 0.2) is 11.5 Å². The molecule has 8 nitrogen and oxygen atoms in total. The Bertz CT molecular complexity index is 555. The van der Waals surface area contributed by atoms with Crippen LogP contribution in [0.1, 0.15) is 39.7 Å². The molecule has 0 unspecified atom stereocenters. The zero-order chi connectivity index (χ0) is 17.5. The van der Waals surface area contributed by atoms with Crippen molar-refractivity contribution in [3.05, 3.63) is 6.33 Å². The molecule has 1 aromatic rings. The van der Waals surface area contributed by atoms with Crippen molar-refractivity contribution in [3.63, 3.8) is 0 Å². The predicted octanol–water partition coefficient (Wildman–Crippen LogP) is 1.69. The zero-order valence-electron chi connectivity index (χ0n) is 14.4. The summed E-state index contributed by atoms with van der Waals surface area (Å²) in [6.45, 7) is 7.49. The number of nitrogens with one attached hydrogen (secondary N) is 1. The predicted molar refractivity (Wildman–Crippen MR) is 90.9 cm³/mol. The van der Waals surface area contributed by atoms with E-state index in [4.69, 9.17) is 4.74 Å². The lowest BCUT2D eigenvalue weighted by molar-refractivity contribution is -0.119. The maximum Gasteiger partial charge on any atom is 0.409 e. The lowest BCUT2D eigenvalue weighted by atomic mass is 10.1. The fourth-order valence-corrected chi connectivity index (χ4v) is 3.37. The summed E-state index contributed by atoms with van der Waals surface area (Å²) in [4.78, 5) is 25.4. The van der Waals surface area contributed by atoms with Crippen LogP contribution >= 0.6 is 11.8 Å². The summed E-state index contributed by atoms with van der Waals surface area (Å²) in [5.74, 6) is 0.289. The summed E-state index contributed by atoms with van der Waals surface area (Å²) in [7, 11) is 0. The number of ether oxygens (including phenoxy) is 1. The number of amides is 2. The molecule has 0 aromatic carbocycles. The number of carbonyl (C=O) groups excluding carboxylic acids is 2. The van der Waals surface area contributed by atoms with Gasteiger partial charge in [-0.2, -0.15) is 0 Å². The zero-order valence-corrected chi connectivity index (χ0v) is 15.2. The first-order chi connectivity index (χ1) is 11.5. The minimum absolute atomic E-state index is 0.0205. The number of thioether (sulfide) groups is 1. The van der Waals surface area contributed by atoms with Crippen LogP contribution in [-0.4, -0.2) is 63.2 Å². The molecule has 134 valence electrons. The molecule has 0 bridgehead atoms. The highest BCUT2D eigenvalue weighted by Crippen LogP contribution is 2.19. The van der Waals surface area contributed by atoms with Crippen LogP contribution in [0.4, 0.5) is 4.79 Å². The summed E-state index contributed by atoms with van der Waals surface area (Å²) in [5, 5.41) is 11.7. The molecule has 1 aliphatic heterocycles. The lowest BCUT2D eigenvalue weighted by Crippen LogP contribution is -2.47. The third-order valence-electron chi connectivity index (χ3n) is 3.81. The van der Waals surface area contributed by atoms with E-state index in [0.717, 1.165) is 18.0 Å². The summed E-state index contributed by atoms with van der Waals surface area (Å²) >= 11 is 1.38. The highest BCUT2D eigenvalue weighted by atomic mass is 32.2. The molecule has 24 heavy (non-hydrogen) atoms. The number of rotatable bonds is 6. The first kappa shape index (κ1) is 18.6. The van der Waals surface area contributed by atoms with Gasteiger partial charge in [0.25, 0.3) is 0 Å². The van der Waals surface area contributed by atoms with Crippen molar-refractivity contribution in [1.82, 2.24) is 25.0 Å². The fourth-order valence-electron chi connectivity index (χ4n) is 2.51. The molecular formula is C15H25N5O3S. The second kappa shape index (κ2) is 8.91. The van der Waals surface area contributed by atoms with Gasteiger partial charge in [-0.15, -0.1) is 10.2 Å². The van der Waals surface area contributed by atoms with E-state index in [1.807, 2.05) is 18.4 Å². The molecular weight excluding hydrogens is 330 g/mol. The average molecular weight is 355 g/mol. The SMILES string of the molecule is CCOC(=O)N1CCC(NC(=O)CSc2nncn2C(C)C)CC1. The van der Waals surface area contributed by atoms with Gasteiger partial charge in [0.05, 0.1) is 12.4 Å². The van der Waals surface area contributed by atoms with E-state index in [1.54, 1.807) is 18.2 Å². The number of likely N-dealkylation sites (tertiary alicyclic amines) is 1. The molecule has 0 spiro atoms. The second-order valence-electron chi connectivity index (χ2n) is 5.93. The maximum absolute atomic E-state index is 12.1. The topological polar surface area (TPSA) is 89.3 Å². The van der Waals surface area contributed by atoms with Gasteiger partial charge in [-0.3, -0.25) is 4.79 Å². The molecule has 0 atom stereocenters. The van der Waals surface area contributed by atoms with Gasteiger partial charge in [0.2, 0.25) is 5.91 Å². The van der Waals surface area contributed by atoms with Crippen LogP contribution in [0.2, 0.25) is 0 Å². The van der Waals surface area contributed by atoms with Crippen molar-refractivity contribution in [2.24, 2.45) is 0 Å². The molecule has 2 rings (SSSR count). The standard InChI is InChI=1S/C15H25N5O3S/c1-4-23-15(22)19-7-5-12(6-8-19)17-13(21)9-24-14-18-16-10-20(14)11(2)3/h10-12H,4-9H2,1-3H3,(H,17,21). The van der Waals surface area contributed by atoms with Gasteiger partial charge in [0, 0.05) is 25.2 Å². The van der Waals surface area contributed by atoms with Crippen molar-refractivity contribution in [3.8, 4) is 0 Å². The Morgan fingerprint density at radius 1 is 1.42 bits per heavy atom. The van der Waals surface area contributed by atoms with Gasteiger partial charge in [-0.25, -0.2) is 4.79 Å². The van der Waals surface area contributed by atoms with Crippen LogP contribution in [0.25, 0.3) is 0 Å². The van der Waals surface area contributed by atoms with E-state index in [-0.39, 0.29) is 24.1 Å². The highest BCUT2D eigenvalue weighted by Gasteiger charge is 2.24. The van der Waals surface area contributed by atoms with Crippen molar-refractivity contribution in [1.29, 1.82) is 0 Å². The molecule has 2 amide bonds. The number of aromatic nitrogens is 3. The van der Waals surface area contributed by atoms with Crippen LogP contribution in [0, 0.1) is 0 Å². The number of hydrogen-bond acceptors (Lipinski definition) is 6. The van der Waals surface area contributed by atoms with Gasteiger partial charge in [-0.05, 0) is 33.6 Å². The molecule has 1 saturated heterocycles. The molecule has 0 radical (unpaired) electrons. The smallest absolute Gasteiger partial charge is 0.409 e. The lowest BCUT2D eigenvalue weighted by Gasteiger charge is -2.31. The summed E-state index contributed by atoms with van der Waals surface area (Å²) in [6, 6.07) is 0.365. The number of nitrogens with zero attached hydrogens (tertiary/aromatic N) is 4. The van der Waals surface area contributed by atoms with Crippen LogP contribution in [-0.2, 0) is 9.53 Å². The monoisotopic (exact) mass is 355 g/mol. The highest BCUT2D eigenvalue weighted by molar-refractivity contribution is 7.99. The summed E-state index contributed by atoms with van der Waals surface area (Å²) in [5.41, 5.74) is 0. The van der Waals surface area contributed by atoms with Crippen LogP contribution in [0.3, 0.4) is 0 Å². The Hall–Kier alpha value is -1.77. The van der Waals surface area contributed by atoms with E-state index in [0.29, 0.717) is 25.4 Å². The Balaban J connectivity index is 1.72.